The highest BCUT2D eigenvalue weighted by Crippen LogP contribution is 2.41. The first-order chi connectivity index (χ1) is 14.9. The van der Waals surface area contributed by atoms with Crippen molar-refractivity contribution >= 4 is 34.9 Å². The lowest BCUT2D eigenvalue weighted by Gasteiger charge is -2.07. The summed E-state index contributed by atoms with van der Waals surface area (Å²) in [5.41, 5.74) is 4.12. The van der Waals surface area contributed by atoms with Crippen LogP contribution in [0.3, 0.4) is 0 Å². The van der Waals surface area contributed by atoms with Crippen molar-refractivity contribution in [2.75, 3.05) is 11.9 Å². The van der Waals surface area contributed by atoms with Gasteiger partial charge in [0.25, 0.3) is 5.91 Å². The molecule has 2 aromatic carbocycles. The summed E-state index contributed by atoms with van der Waals surface area (Å²) in [6, 6.07) is 9.93. The van der Waals surface area contributed by atoms with Crippen molar-refractivity contribution in [3.05, 3.63) is 64.5 Å². The highest BCUT2D eigenvalue weighted by Gasteiger charge is 2.32. The molecule has 0 aromatic heterocycles. The van der Waals surface area contributed by atoms with Crippen molar-refractivity contribution < 1.29 is 33.4 Å². The molecule has 1 amide bonds. The number of carbonyl (C=O) groups is 3. The Kier molecular flexibility index (Phi) is 5.70. The number of fused-ring (bicyclic) bond motifs is 2. The van der Waals surface area contributed by atoms with Crippen molar-refractivity contribution in [3.63, 3.8) is 0 Å². The maximum absolute atomic E-state index is 13.7. The number of carboxylic acids is 1. The molecular weight excluding hydrogens is 405 g/mol. The number of carbonyl (C=O) groups excluding carboxylic acids is 2. The Morgan fingerprint density at radius 3 is 2.77 bits per heavy atom. The van der Waals surface area contributed by atoms with Crippen molar-refractivity contribution in [2.24, 2.45) is 0 Å². The zero-order valence-electron chi connectivity index (χ0n) is 16.6. The van der Waals surface area contributed by atoms with E-state index in [2.05, 4.69) is 5.32 Å². The molecule has 0 bridgehead atoms. The van der Waals surface area contributed by atoms with E-state index in [0.29, 0.717) is 42.0 Å². The lowest BCUT2D eigenvalue weighted by Crippen LogP contribution is -2.09. The quantitative estimate of drug-likeness (QED) is 0.400. The SMILES string of the molecule is O=C(O)CCC(=O)OCCCc1ccc2c(c1)CO/C2=C1/C(=O)Nc2ccc(F)cc21. The average molecular weight is 425 g/mol. The molecule has 7 nitrogen and oxygen atoms in total. The number of aliphatic carboxylic acids is 1. The molecule has 2 aliphatic heterocycles. The van der Waals surface area contributed by atoms with Gasteiger partial charge in [0.05, 0.1) is 25.0 Å². The average Bonchev–Trinajstić information content (AvgIpc) is 3.28. The number of anilines is 1. The van der Waals surface area contributed by atoms with Crippen LogP contribution in [-0.2, 0) is 36.9 Å². The van der Waals surface area contributed by atoms with Crippen LogP contribution in [0, 0.1) is 5.82 Å². The van der Waals surface area contributed by atoms with Crippen LogP contribution < -0.4 is 5.32 Å². The second kappa shape index (κ2) is 8.59. The number of benzene rings is 2. The van der Waals surface area contributed by atoms with E-state index in [1.807, 2.05) is 18.2 Å². The topological polar surface area (TPSA) is 102 Å². The first kappa shape index (κ1) is 20.6. The fourth-order valence-corrected chi connectivity index (χ4v) is 3.69. The van der Waals surface area contributed by atoms with Gasteiger partial charge in [-0.3, -0.25) is 14.4 Å². The molecule has 2 heterocycles. The highest BCUT2D eigenvalue weighted by atomic mass is 19.1. The zero-order chi connectivity index (χ0) is 22.0. The minimum atomic E-state index is -1.03. The van der Waals surface area contributed by atoms with E-state index < -0.39 is 17.8 Å². The van der Waals surface area contributed by atoms with Gasteiger partial charge >= 0.3 is 11.9 Å². The molecule has 0 aliphatic carbocycles. The van der Waals surface area contributed by atoms with Crippen LogP contribution in [0.1, 0.15) is 41.5 Å². The van der Waals surface area contributed by atoms with Crippen molar-refractivity contribution in [2.45, 2.75) is 32.3 Å². The molecule has 4 rings (SSSR count). The number of ether oxygens (including phenoxy) is 2. The molecule has 0 saturated carbocycles. The van der Waals surface area contributed by atoms with E-state index in [1.54, 1.807) is 0 Å². The smallest absolute Gasteiger partial charge is 0.306 e. The van der Waals surface area contributed by atoms with Crippen LogP contribution in [0.4, 0.5) is 10.1 Å². The molecular formula is C23H20FNO6. The molecule has 2 aromatic rings. The van der Waals surface area contributed by atoms with Crippen molar-refractivity contribution in [1.29, 1.82) is 0 Å². The van der Waals surface area contributed by atoms with Gasteiger partial charge in [0.2, 0.25) is 0 Å². The summed E-state index contributed by atoms with van der Waals surface area (Å²) >= 11 is 0. The van der Waals surface area contributed by atoms with E-state index in [-0.39, 0.29) is 25.4 Å². The van der Waals surface area contributed by atoms with Crippen LogP contribution in [0.25, 0.3) is 11.3 Å². The molecule has 160 valence electrons. The highest BCUT2D eigenvalue weighted by molar-refractivity contribution is 6.36. The standard InChI is InChI=1S/C23H20FNO6/c24-15-4-6-18-17(11-15)21(23(29)25-18)22-16-5-3-13(10-14(16)12-31-22)2-1-9-30-20(28)8-7-19(26)27/h3-6,10-11H,1-2,7-9,12H2,(H,25,29)(H,26,27)/b22-21+. The Morgan fingerprint density at radius 2 is 1.97 bits per heavy atom. The van der Waals surface area contributed by atoms with E-state index in [1.165, 1.54) is 18.2 Å². The van der Waals surface area contributed by atoms with Crippen LogP contribution in [0.15, 0.2) is 36.4 Å². The summed E-state index contributed by atoms with van der Waals surface area (Å²) in [4.78, 5) is 34.4. The Hall–Kier alpha value is -3.68. The summed E-state index contributed by atoms with van der Waals surface area (Å²) in [5, 5.41) is 11.3. The molecule has 0 spiro atoms. The number of nitrogens with one attached hydrogen (secondary N) is 1. The zero-order valence-corrected chi connectivity index (χ0v) is 16.6. The third-order valence-corrected chi connectivity index (χ3v) is 5.16. The minimum absolute atomic E-state index is 0.135. The predicted molar refractivity (Wildman–Crippen MR) is 109 cm³/mol. The monoisotopic (exact) mass is 425 g/mol. The molecule has 2 N–H and O–H groups in total. The van der Waals surface area contributed by atoms with Gasteiger partial charge in [-0.1, -0.05) is 18.2 Å². The van der Waals surface area contributed by atoms with E-state index >= 15 is 0 Å². The first-order valence-corrected chi connectivity index (χ1v) is 9.90. The number of halogens is 1. The van der Waals surface area contributed by atoms with Crippen LogP contribution >= 0.6 is 0 Å². The Morgan fingerprint density at radius 1 is 1.13 bits per heavy atom. The molecule has 0 fully saturated rings. The predicted octanol–water partition coefficient (Wildman–Crippen LogP) is 3.52. The summed E-state index contributed by atoms with van der Waals surface area (Å²) in [7, 11) is 0. The van der Waals surface area contributed by atoms with Gasteiger partial charge in [0.15, 0.2) is 0 Å². The number of amides is 1. The number of carboxylic acid groups (broad SMARTS) is 1. The first-order valence-electron chi connectivity index (χ1n) is 9.90. The fourth-order valence-electron chi connectivity index (χ4n) is 3.69. The number of hydrogen-bond acceptors (Lipinski definition) is 5. The number of rotatable bonds is 7. The second-order valence-corrected chi connectivity index (χ2v) is 7.35. The normalized spacial score (nSPS) is 16.4. The third-order valence-electron chi connectivity index (χ3n) is 5.16. The molecule has 0 saturated heterocycles. The van der Waals surface area contributed by atoms with Gasteiger partial charge in [0, 0.05) is 22.4 Å². The van der Waals surface area contributed by atoms with E-state index in [4.69, 9.17) is 14.6 Å². The number of aryl methyl sites for hydroxylation is 1. The van der Waals surface area contributed by atoms with Gasteiger partial charge in [-0.05, 0) is 36.6 Å². The van der Waals surface area contributed by atoms with Gasteiger partial charge < -0.3 is 19.9 Å². The Bertz CT molecular complexity index is 1110. The summed E-state index contributed by atoms with van der Waals surface area (Å²) < 4.78 is 24.6. The number of hydrogen-bond donors (Lipinski definition) is 2. The summed E-state index contributed by atoms with van der Waals surface area (Å²) in [6.45, 7) is 0.522. The Balaban J connectivity index is 1.43. The Labute approximate surface area is 177 Å². The molecule has 0 atom stereocenters. The maximum atomic E-state index is 13.7. The fraction of sp³-hybridized carbons (Fsp3) is 0.261. The maximum Gasteiger partial charge on any atom is 0.306 e. The minimum Gasteiger partial charge on any atom is -0.487 e. The van der Waals surface area contributed by atoms with Crippen LogP contribution in [0.2, 0.25) is 0 Å². The van der Waals surface area contributed by atoms with Crippen LogP contribution in [0.5, 0.6) is 0 Å². The second-order valence-electron chi connectivity index (χ2n) is 7.35. The van der Waals surface area contributed by atoms with Gasteiger partial charge in [-0.15, -0.1) is 0 Å². The lowest BCUT2D eigenvalue weighted by atomic mass is 9.98. The van der Waals surface area contributed by atoms with Gasteiger partial charge in [-0.25, -0.2) is 4.39 Å². The third kappa shape index (κ3) is 4.42. The molecule has 0 radical (unpaired) electrons. The van der Waals surface area contributed by atoms with E-state index in [9.17, 15) is 18.8 Å². The molecule has 8 heteroatoms. The molecule has 0 unspecified atom stereocenters. The summed E-state index contributed by atoms with van der Waals surface area (Å²) in [6.07, 6.45) is 0.890. The van der Waals surface area contributed by atoms with Gasteiger partial charge in [-0.2, -0.15) is 0 Å². The van der Waals surface area contributed by atoms with E-state index in [0.717, 1.165) is 16.7 Å². The largest absolute Gasteiger partial charge is 0.487 e. The summed E-state index contributed by atoms with van der Waals surface area (Å²) in [5.74, 6) is -1.86. The van der Waals surface area contributed by atoms with Gasteiger partial charge in [0.1, 0.15) is 18.2 Å². The lowest BCUT2D eigenvalue weighted by molar-refractivity contribution is -0.147. The molecule has 31 heavy (non-hydrogen) atoms. The van der Waals surface area contributed by atoms with Crippen molar-refractivity contribution in [3.8, 4) is 0 Å². The molecule has 2 aliphatic rings. The van der Waals surface area contributed by atoms with Crippen molar-refractivity contribution in [1.82, 2.24) is 0 Å². The van der Waals surface area contributed by atoms with Crippen LogP contribution in [-0.4, -0.2) is 29.6 Å². The number of esters is 1.